The van der Waals surface area contributed by atoms with E-state index >= 15 is 17.6 Å². The Morgan fingerprint density at radius 3 is 2.22 bits per heavy atom. The van der Waals surface area contributed by atoms with Gasteiger partial charge in [0, 0.05) is 44.0 Å². The average molecular weight is 964 g/mol. The molecule has 9 rings (SSSR count). The number of carbonyl (C=O) groups is 1. The lowest BCUT2D eigenvalue weighted by atomic mass is 9.95. The Bertz CT molecular complexity index is 2660. The summed E-state index contributed by atoms with van der Waals surface area (Å²) in [5.41, 5.74) is -3.42. The number of amides is 1. The highest BCUT2D eigenvalue weighted by molar-refractivity contribution is 6.34. The summed E-state index contributed by atoms with van der Waals surface area (Å²) in [6.07, 6.45) is -2.97. The SMILES string of the molecule is COc1ccc(CN(Cc2ccc(OC)cc2)c2cc(C)c(C(F)(F)F)c(-c3c(Cl)cc4c(N5C[C@@]6(NC(=O)OC(C)(C)C)CC[C@@H]5C6)nc(OC[C@]56CCCN5C[C@H](F)C6)nc4c3F)n2)cc1. The van der Waals surface area contributed by atoms with E-state index in [-0.39, 0.29) is 84.4 Å². The molecule has 68 heavy (non-hydrogen) atoms. The van der Waals surface area contributed by atoms with Gasteiger partial charge < -0.3 is 34.1 Å². The Hall–Kier alpha value is -5.68. The molecule has 4 aliphatic rings. The standard InChI is InChI=1S/C50H55ClF5N7O5/c1-29-20-38(61(24-30-8-12-34(65-5)13-9-30)25-31-10-14-35(66-6)15-11-31)57-43(40(29)50(54,55)56)39-37(51)21-36-42(41(39)53)58-45(67-28-49-17-7-19-62(49)26-32(52)22-49)59-44(36)63-27-48(18-16-33(63)23-48)60-46(64)68-47(2,3)4/h8-15,20-21,32-33H,7,16-19,22-28H2,1-6H3,(H,60,64)/t32-,33-,48-,49-/m1/s1. The third-order valence-corrected chi connectivity index (χ3v) is 14.0. The molecule has 4 fully saturated rings. The molecule has 2 bridgehead atoms. The van der Waals surface area contributed by atoms with Crippen LogP contribution in [0, 0.1) is 12.7 Å². The molecule has 362 valence electrons. The van der Waals surface area contributed by atoms with E-state index in [0.29, 0.717) is 43.7 Å². The number of hydrogen-bond donors (Lipinski definition) is 1. The molecule has 18 heteroatoms. The number of nitrogens with zero attached hydrogens (tertiary/aromatic N) is 6. The molecular weight excluding hydrogens is 909 g/mol. The number of halogens is 6. The lowest BCUT2D eigenvalue weighted by Gasteiger charge is -2.35. The van der Waals surface area contributed by atoms with E-state index in [1.807, 2.05) is 29.2 Å². The number of carbonyl (C=O) groups excluding carboxylic acids is 1. The fourth-order valence-corrected chi connectivity index (χ4v) is 11.0. The van der Waals surface area contributed by atoms with Crippen molar-refractivity contribution in [1.82, 2.24) is 25.2 Å². The zero-order valence-corrected chi connectivity index (χ0v) is 39.7. The van der Waals surface area contributed by atoms with Crippen molar-refractivity contribution in [2.45, 2.75) is 114 Å². The van der Waals surface area contributed by atoms with Crippen molar-refractivity contribution in [3.63, 3.8) is 0 Å². The highest BCUT2D eigenvalue weighted by Crippen LogP contribution is 2.49. The number of methoxy groups -OCH3 is 2. The maximum Gasteiger partial charge on any atom is 0.418 e. The molecule has 1 amide bonds. The van der Waals surface area contributed by atoms with Gasteiger partial charge in [0.2, 0.25) is 0 Å². The third-order valence-electron chi connectivity index (χ3n) is 13.7. The first-order valence-electron chi connectivity index (χ1n) is 22.9. The van der Waals surface area contributed by atoms with E-state index in [4.69, 9.17) is 35.5 Å². The van der Waals surface area contributed by atoms with Gasteiger partial charge in [-0.25, -0.2) is 18.6 Å². The van der Waals surface area contributed by atoms with Gasteiger partial charge in [-0.3, -0.25) is 4.90 Å². The average Bonchev–Trinajstić information content (AvgIpc) is 4.04. The molecule has 5 aromatic rings. The quantitative estimate of drug-likeness (QED) is 0.114. The first-order chi connectivity index (χ1) is 32.3. The number of rotatable bonds is 13. The number of piperidine rings is 1. The summed E-state index contributed by atoms with van der Waals surface area (Å²) >= 11 is 7.04. The van der Waals surface area contributed by atoms with Crippen molar-refractivity contribution in [1.29, 1.82) is 0 Å². The Balaban J connectivity index is 1.17. The topological polar surface area (TPSA) is 114 Å². The molecule has 3 aliphatic heterocycles. The van der Waals surface area contributed by atoms with E-state index in [1.165, 1.54) is 19.1 Å². The summed E-state index contributed by atoms with van der Waals surface area (Å²) in [5.74, 6) is 0.487. The van der Waals surface area contributed by atoms with Crippen LogP contribution in [0.1, 0.15) is 81.5 Å². The summed E-state index contributed by atoms with van der Waals surface area (Å²) in [5, 5.41) is 2.87. The molecular formula is C50H55ClF5N7O5. The van der Waals surface area contributed by atoms with Gasteiger partial charge in [-0.05, 0) is 119 Å². The number of nitrogens with one attached hydrogen (secondary N) is 1. The van der Waals surface area contributed by atoms with Crippen molar-refractivity contribution in [3.05, 3.63) is 93.8 Å². The van der Waals surface area contributed by atoms with E-state index in [0.717, 1.165) is 17.5 Å². The predicted molar refractivity (Wildman–Crippen MR) is 249 cm³/mol. The number of aromatic nitrogens is 3. The number of anilines is 2. The molecule has 3 aromatic carbocycles. The maximum absolute atomic E-state index is 17.9. The summed E-state index contributed by atoms with van der Waals surface area (Å²) in [7, 11) is 3.11. The van der Waals surface area contributed by atoms with E-state index in [9.17, 15) is 9.18 Å². The first-order valence-corrected chi connectivity index (χ1v) is 23.2. The van der Waals surface area contributed by atoms with Crippen LogP contribution >= 0.6 is 11.6 Å². The largest absolute Gasteiger partial charge is 0.497 e. The summed E-state index contributed by atoms with van der Waals surface area (Å²) in [6, 6.07) is 16.9. The van der Waals surface area contributed by atoms with Crippen LogP contribution in [0.4, 0.5) is 38.4 Å². The van der Waals surface area contributed by atoms with Crippen molar-refractivity contribution in [2.24, 2.45) is 0 Å². The van der Waals surface area contributed by atoms with Crippen LogP contribution in [0.5, 0.6) is 17.5 Å². The van der Waals surface area contributed by atoms with Gasteiger partial charge >= 0.3 is 18.3 Å². The van der Waals surface area contributed by atoms with Gasteiger partial charge in [0.15, 0.2) is 5.82 Å². The molecule has 1 N–H and O–H groups in total. The molecule has 0 spiro atoms. The second kappa shape index (κ2) is 18.0. The van der Waals surface area contributed by atoms with Gasteiger partial charge in [-0.15, -0.1) is 0 Å². The Kier molecular flexibility index (Phi) is 12.5. The minimum atomic E-state index is -4.98. The fraction of sp³-hybridized carbons (Fsp3) is 0.480. The van der Waals surface area contributed by atoms with Crippen LogP contribution in [0.15, 0.2) is 60.7 Å². The first kappa shape index (κ1) is 47.4. The smallest absolute Gasteiger partial charge is 0.418 e. The number of aryl methyl sites for hydroxylation is 1. The lowest BCUT2D eigenvalue weighted by molar-refractivity contribution is -0.137. The maximum atomic E-state index is 17.9. The Morgan fingerprint density at radius 1 is 0.941 bits per heavy atom. The zero-order chi connectivity index (χ0) is 48.3. The number of alkyl halides is 4. The van der Waals surface area contributed by atoms with Crippen LogP contribution in [-0.2, 0) is 24.0 Å². The molecule has 0 unspecified atom stereocenters. The van der Waals surface area contributed by atoms with Crippen LogP contribution in [0.3, 0.4) is 0 Å². The lowest BCUT2D eigenvalue weighted by Crippen LogP contribution is -2.52. The van der Waals surface area contributed by atoms with Crippen molar-refractivity contribution >= 4 is 40.2 Å². The molecule has 1 aliphatic carbocycles. The second-order valence-electron chi connectivity index (χ2n) is 19.6. The summed E-state index contributed by atoms with van der Waals surface area (Å²) < 4.78 is 102. The number of pyridine rings is 1. The molecule has 0 radical (unpaired) electrons. The van der Waals surface area contributed by atoms with Crippen molar-refractivity contribution in [2.75, 3.05) is 50.3 Å². The number of fused-ring (bicyclic) bond motifs is 4. The number of benzene rings is 3. The minimum absolute atomic E-state index is 0.0211. The summed E-state index contributed by atoms with van der Waals surface area (Å²) in [6.45, 7) is 8.34. The van der Waals surface area contributed by atoms with Gasteiger partial charge in [0.25, 0.3) is 0 Å². The normalized spacial score (nSPS) is 22.4. The number of hydrogen-bond acceptors (Lipinski definition) is 11. The molecule has 1 saturated carbocycles. The van der Waals surface area contributed by atoms with Gasteiger partial charge in [0.05, 0.1) is 47.1 Å². The van der Waals surface area contributed by atoms with Crippen LogP contribution in [-0.4, -0.2) is 95.3 Å². The molecule has 3 saturated heterocycles. The van der Waals surface area contributed by atoms with Crippen molar-refractivity contribution < 1.29 is 45.7 Å². The zero-order valence-electron chi connectivity index (χ0n) is 38.9. The Labute approximate surface area is 397 Å². The third kappa shape index (κ3) is 9.39. The summed E-state index contributed by atoms with van der Waals surface area (Å²) in [4.78, 5) is 33.0. The predicted octanol–water partition coefficient (Wildman–Crippen LogP) is 10.6. The number of alkyl carbamates (subject to hydrolysis) is 1. The van der Waals surface area contributed by atoms with Crippen molar-refractivity contribution in [3.8, 4) is 28.8 Å². The number of ether oxygens (including phenoxy) is 4. The minimum Gasteiger partial charge on any atom is -0.497 e. The Morgan fingerprint density at radius 2 is 1.60 bits per heavy atom. The van der Waals surface area contributed by atoms with Gasteiger partial charge in [0.1, 0.15) is 47.0 Å². The van der Waals surface area contributed by atoms with Crippen LogP contribution in [0.2, 0.25) is 5.02 Å². The van der Waals surface area contributed by atoms with E-state index in [2.05, 4.69) is 20.2 Å². The highest BCUT2D eigenvalue weighted by atomic mass is 35.5. The van der Waals surface area contributed by atoms with Gasteiger partial charge in [-0.1, -0.05) is 35.9 Å². The van der Waals surface area contributed by atoms with Gasteiger partial charge in [-0.2, -0.15) is 23.1 Å². The highest BCUT2D eigenvalue weighted by Gasteiger charge is 2.53. The fourth-order valence-electron chi connectivity index (χ4n) is 10.7. The van der Waals surface area contributed by atoms with Crippen LogP contribution in [0.25, 0.3) is 22.2 Å². The monoisotopic (exact) mass is 963 g/mol. The second-order valence-corrected chi connectivity index (χ2v) is 20.0. The molecule has 2 aromatic heterocycles. The molecule has 5 heterocycles. The van der Waals surface area contributed by atoms with E-state index < -0.39 is 57.8 Å². The van der Waals surface area contributed by atoms with Crippen LogP contribution < -0.4 is 29.3 Å². The molecule has 4 atom stereocenters. The van der Waals surface area contributed by atoms with E-state index in [1.54, 1.807) is 64.2 Å². The molecule has 12 nitrogen and oxygen atoms in total.